The molecule has 5 heterocycles. The van der Waals surface area contributed by atoms with Gasteiger partial charge in [-0.3, -0.25) is 24.6 Å². The number of aryl methyl sites for hydroxylation is 2. The minimum absolute atomic E-state index is 0.187. The van der Waals surface area contributed by atoms with Crippen molar-refractivity contribution in [2.24, 2.45) is 7.05 Å². The van der Waals surface area contributed by atoms with Gasteiger partial charge in [-0.2, -0.15) is 0 Å². The summed E-state index contributed by atoms with van der Waals surface area (Å²) in [4.78, 5) is 38.5. The van der Waals surface area contributed by atoms with E-state index >= 15 is 0 Å². The van der Waals surface area contributed by atoms with Gasteiger partial charge in [0.25, 0.3) is 0 Å². The van der Waals surface area contributed by atoms with Gasteiger partial charge in [-0.05, 0) is 61.4 Å². The highest BCUT2D eigenvalue weighted by molar-refractivity contribution is 7.23. The first-order chi connectivity index (χ1) is 32.4. The molecule has 1 aliphatic heterocycles. The number of hydrogen-bond acceptors (Lipinski definition) is 12. The summed E-state index contributed by atoms with van der Waals surface area (Å²) in [6.45, 7) is 12.6. The van der Waals surface area contributed by atoms with E-state index in [2.05, 4.69) is 64.9 Å². The predicted octanol–water partition coefficient (Wildman–Crippen LogP) is 9.71. The Bertz CT molecular complexity index is 2700. The van der Waals surface area contributed by atoms with Gasteiger partial charge in [0.2, 0.25) is 5.91 Å². The number of unbranched alkanes of at least 4 members (excludes halogenated alkanes) is 3. The average Bonchev–Trinajstić information content (AvgIpc) is 4.11. The van der Waals surface area contributed by atoms with E-state index in [4.69, 9.17) is 52.4 Å². The summed E-state index contributed by atoms with van der Waals surface area (Å²) in [7, 11) is 2.05. The van der Waals surface area contributed by atoms with Crippen LogP contribution in [0.4, 0.5) is 22.0 Å². The molecule has 67 heavy (non-hydrogen) atoms. The number of anilines is 3. The fourth-order valence-corrected chi connectivity index (χ4v) is 9.17. The lowest BCUT2D eigenvalue weighted by atomic mass is 9.93. The molecule has 4 aromatic heterocycles. The molecule has 1 fully saturated rings. The first kappa shape index (κ1) is 49.5. The van der Waals surface area contributed by atoms with Gasteiger partial charge in [0.15, 0.2) is 10.8 Å². The van der Waals surface area contributed by atoms with Gasteiger partial charge >= 0.3 is 6.03 Å². The van der Waals surface area contributed by atoms with Crippen molar-refractivity contribution in [1.29, 1.82) is 0 Å². The van der Waals surface area contributed by atoms with Crippen LogP contribution in [0.2, 0.25) is 0 Å². The number of morpholine rings is 1. The van der Waals surface area contributed by atoms with Gasteiger partial charge in [0.05, 0.1) is 40.2 Å². The van der Waals surface area contributed by atoms with E-state index in [1.165, 1.54) is 0 Å². The maximum Gasteiger partial charge on any atom is 0.324 e. The van der Waals surface area contributed by atoms with Crippen LogP contribution < -0.4 is 25.8 Å². The molecule has 1 saturated heterocycles. The van der Waals surface area contributed by atoms with Crippen LogP contribution in [-0.4, -0.2) is 110 Å². The van der Waals surface area contributed by atoms with E-state index in [0.717, 1.165) is 133 Å². The molecule has 0 atom stereocenters. The number of rotatable bonds is 19. The SMILES string of the molecule is CC(C)(C)c1cc(NC(=O)Nc2ccc(-c3cn4c(n3)sc3cc(OCCN5CCOCC5)ccc34)cc2)no1.Cn1c(CCCCCCC(=O)NO)nc2cc(N(CCCl)CCCl)ccc21. The number of hydroxylamine groups is 1. The van der Waals surface area contributed by atoms with Crippen molar-refractivity contribution < 1.29 is 28.8 Å². The van der Waals surface area contributed by atoms with Crippen molar-refractivity contribution in [3.63, 3.8) is 0 Å². The highest BCUT2D eigenvalue weighted by Crippen LogP contribution is 2.33. The number of alkyl halides is 2. The molecular formula is C48H60Cl2N10O6S. The van der Waals surface area contributed by atoms with Crippen molar-refractivity contribution in [3.8, 4) is 17.0 Å². The Labute approximate surface area is 404 Å². The Hall–Kier alpha value is -5.43. The fraction of sp³-hybridized carbons (Fsp3) is 0.438. The monoisotopic (exact) mass is 974 g/mol. The number of carbonyl (C=O) groups excluding carboxylic acids is 2. The minimum atomic E-state index is -0.389. The highest BCUT2D eigenvalue weighted by atomic mass is 35.5. The third-order valence-corrected chi connectivity index (χ3v) is 12.8. The molecule has 16 nitrogen and oxygen atoms in total. The van der Waals surface area contributed by atoms with Crippen molar-refractivity contribution in [2.75, 3.05) is 79.8 Å². The summed E-state index contributed by atoms with van der Waals surface area (Å²) in [5.41, 5.74) is 8.25. The molecule has 8 rings (SSSR count). The summed E-state index contributed by atoms with van der Waals surface area (Å²) < 4.78 is 22.1. The third-order valence-electron chi connectivity index (χ3n) is 11.5. The molecule has 4 N–H and O–H groups in total. The molecule has 0 unspecified atom stereocenters. The first-order valence-electron chi connectivity index (χ1n) is 22.7. The number of nitrogens with zero attached hydrogens (tertiary/aromatic N) is 7. The van der Waals surface area contributed by atoms with Crippen molar-refractivity contribution in [1.82, 2.24) is 34.5 Å². The molecule has 0 bridgehead atoms. The summed E-state index contributed by atoms with van der Waals surface area (Å²) in [6, 6.07) is 21.4. The summed E-state index contributed by atoms with van der Waals surface area (Å²) in [5.74, 6) is 3.81. The fourth-order valence-electron chi connectivity index (χ4n) is 7.73. The van der Waals surface area contributed by atoms with Gasteiger partial charge in [0.1, 0.15) is 23.9 Å². The second kappa shape index (κ2) is 23.5. The average molecular weight is 976 g/mol. The maximum absolute atomic E-state index is 12.4. The van der Waals surface area contributed by atoms with Gasteiger partial charge in [0, 0.05) is 99.0 Å². The van der Waals surface area contributed by atoms with Gasteiger partial charge in [-0.15, -0.1) is 23.2 Å². The van der Waals surface area contributed by atoms with E-state index < -0.39 is 0 Å². The standard InChI is InChI=1S/C29H32N6O4S.C19H28Cl2N4O2/c1-29(2,3)25-17-26(33-39-25)32-27(36)30-20-6-4-19(5-7-20)22-18-35-23-9-8-21(16-24(23)40-28(35)31-22)38-15-12-34-10-13-37-14-11-34;1-24-17-9-8-15(25(12-10-20)13-11-21)14-16(17)22-18(24)6-4-2-3-5-7-19(26)23-27/h4-9,16-18H,10-15H2,1-3H3,(H2,30,32,33,36);8-9,14,27H,2-7,10-13H2,1H3,(H,23,26). The highest BCUT2D eigenvalue weighted by Gasteiger charge is 2.21. The molecule has 3 amide bonds. The summed E-state index contributed by atoms with van der Waals surface area (Å²) in [6.07, 6.45) is 7.12. The number of amides is 3. The number of hydrogen-bond donors (Lipinski definition) is 4. The van der Waals surface area contributed by atoms with Crippen molar-refractivity contribution >= 4 is 89.9 Å². The number of nitrogens with one attached hydrogen (secondary N) is 3. The lowest BCUT2D eigenvalue weighted by Gasteiger charge is -2.26. The molecule has 1 aliphatic rings. The summed E-state index contributed by atoms with van der Waals surface area (Å²) in [5, 5.41) is 17.9. The van der Waals surface area contributed by atoms with Crippen LogP contribution in [-0.2, 0) is 28.4 Å². The first-order valence-corrected chi connectivity index (χ1v) is 24.6. The number of imidazole rings is 2. The second-order valence-electron chi connectivity index (χ2n) is 17.4. The lowest BCUT2D eigenvalue weighted by molar-refractivity contribution is -0.129. The minimum Gasteiger partial charge on any atom is -0.492 e. The Kier molecular flexibility index (Phi) is 17.4. The van der Waals surface area contributed by atoms with Crippen LogP contribution in [0.1, 0.15) is 64.5 Å². The van der Waals surface area contributed by atoms with Crippen LogP contribution in [0.25, 0.3) is 37.5 Å². The lowest BCUT2D eigenvalue weighted by Crippen LogP contribution is -2.38. The zero-order valence-electron chi connectivity index (χ0n) is 38.5. The molecule has 3 aromatic carbocycles. The van der Waals surface area contributed by atoms with E-state index in [9.17, 15) is 9.59 Å². The number of ether oxygens (including phenoxy) is 2. The Morgan fingerprint density at radius 3 is 2.37 bits per heavy atom. The number of halogens is 2. The van der Waals surface area contributed by atoms with Crippen LogP contribution in [0.5, 0.6) is 5.75 Å². The predicted molar refractivity (Wildman–Crippen MR) is 268 cm³/mol. The van der Waals surface area contributed by atoms with Crippen LogP contribution >= 0.6 is 34.5 Å². The number of aromatic nitrogens is 5. The van der Waals surface area contributed by atoms with Crippen LogP contribution in [0.3, 0.4) is 0 Å². The zero-order valence-corrected chi connectivity index (χ0v) is 40.9. The number of fused-ring (bicyclic) bond motifs is 4. The van der Waals surface area contributed by atoms with E-state index in [1.54, 1.807) is 22.9 Å². The molecule has 0 radical (unpaired) electrons. The molecule has 0 spiro atoms. The Morgan fingerprint density at radius 1 is 0.910 bits per heavy atom. The zero-order chi connectivity index (χ0) is 47.3. The molecular weight excluding hydrogens is 916 g/mol. The topological polar surface area (TPSA) is 177 Å². The molecule has 358 valence electrons. The largest absolute Gasteiger partial charge is 0.492 e. The van der Waals surface area contributed by atoms with Gasteiger partial charge in [-0.25, -0.2) is 20.2 Å². The second-order valence-corrected chi connectivity index (χ2v) is 19.1. The van der Waals surface area contributed by atoms with Crippen molar-refractivity contribution in [2.45, 2.75) is 64.7 Å². The van der Waals surface area contributed by atoms with E-state index in [1.807, 2.05) is 64.3 Å². The third kappa shape index (κ3) is 13.4. The Morgan fingerprint density at radius 2 is 1.66 bits per heavy atom. The smallest absolute Gasteiger partial charge is 0.324 e. The quantitative estimate of drug-likeness (QED) is 0.0263. The molecule has 0 saturated carbocycles. The summed E-state index contributed by atoms with van der Waals surface area (Å²) >= 11 is 13.5. The molecule has 0 aliphatic carbocycles. The van der Waals surface area contributed by atoms with E-state index in [0.29, 0.717) is 42.1 Å². The van der Waals surface area contributed by atoms with Gasteiger partial charge in [-0.1, -0.05) is 62.2 Å². The normalized spacial score (nSPS) is 13.2. The van der Waals surface area contributed by atoms with E-state index in [-0.39, 0.29) is 17.4 Å². The van der Waals surface area contributed by atoms with Crippen LogP contribution in [0, 0.1) is 0 Å². The maximum atomic E-state index is 12.4. The molecule has 7 aromatic rings. The van der Waals surface area contributed by atoms with Gasteiger partial charge < -0.3 is 28.8 Å². The number of carbonyl (C=O) groups is 2. The van der Waals surface area contributed by atoms with Crippen LogP contribution in [0.15, 0.2) is 77.4 Å². The van der Waals surface area contributed by atoms with Crippen molar-refractivity contribution in [3.05, 3.63) is 84.5 Å². The number of benzene rings is 3. The molecule has 19 heteroatoms. The Balaban J connectivity index is 0.000000216. The number of urea groups is 1. The number of thiazole rings is 1.